The molecule has 2 N–H and O–H groups in total. The van der Waals surface area contributed by atoms with E-state index >= 15 is 0 Å². The topological polar surface area (TPSA) is 54.5 Å². The number of aliphatic hydroxyl groups is 1. The Balaban J connectivity index is 0.000000357. The third kappa shape index (κ3) is 5.04. The van der Waals surface area contributed by atoms with E-state index in [1.807, 2.05) is 12.3 Å². The van der Waals surface area contributed by atoms with Crippen molar-refractivity contribution in [3.05, 3.63) is 101 Å². The smallest absolute Gasteiger partial charge is 0.316 e. The minimum atomic E-state index is -0.00259. The van der Waals surface area contributed by atoms with Crippen molar-refractivity contribution in [3.8, 4) is 22.4 Å². The number of hydrogen-bond donors (Lipinski definition) is 1. The fraction of sp³-hybridized carbons (Fsp3) is 0.200. The number of nitrogens with zero attached hydrogens (tertiary/aromatic N) is 1. The number of pyridine rings is 1. The molecule has 0 aliphatic heterocycles. The van der Waals surface area contributed by atoms with Crippen LogP contribution in [0.4, 0.5) is 0 Å². The quantitative estimate of drug-likeness (QED) is 0.110. The largest absolute Gasteiger partial charge is 0.512 e. The number of aliphatic hydroxyl groups excluding tert-OH is 1. The standard InChI is InChI=1S/C25H20N.C5H8O2.Ir/c1-16-8-10-20-21-11-9-18(13-23(21)25(2,3)22(20)12-16)24-14-17-6-4-5-7-19(17)15-26-24;1-4(6)3-5(2)7;/h4-8,10-15H,1-3H3;3,6H,1-2H3;/q-1;;/p+1/b;4-3-;. The number of aromatic nitrogens is 1. The maximum Gasteiger partial charge on any atom is 0.316 e. The second-order valence-electron chi connectivity index (χ2n) is 9.19. The van der Waals surface area contributed by atoms with Crippen molar-refractivity contribution in [1.29, 1.82) is 0 Å². The Morgan fingerprint density at radius 2 is 1.65 bits per heavy atom. The zero-order valence-corrected chi connectivity index (χ0v) is 22.5. The van der Waals surface area contributed by atoms with Crippen molar-refractivity contribution in [2.45, 2.75) is 40.0 Å². The van der Waals surface area contributed by atoms with E-state index in [-0.39, 0.29) is 37.1 Å². The van der Waals surface area contributed by atoms with E-state index in [1.54, 1.807) is 0 Å². The molecule has 0 fully saturated rings. The minimum Gasteiger partial charge on any atom is -0.512 e. The summed E-state index contributed by atoms with van der Waals surface area (Å²) in [6.45, 7) is 9.79. The van der Waals surface area contributed by atoms with Crippen molar-refractivity contribution in [1.82, 2.24) is 4.98 Å². The van der Waals surface area contributed by atoms with Crippen molar-refractivity contribution in [3.63, 3.8) is 0 Å². The summed E-state index contributed by atoms with van der Waals surface area (Å²) in [5.74, 6) is 0.250. The Morgan fingerprint density at radius 1 is 0.971 bits per heavy atom. The third-order valence-corrected chi connectivity index (χ3v) is 6.09. The molecule has 1 aliphatic rings. The Labute approximate surface area is 214 Å². The zero-order chi connectivity index (χ0) is 23.8. The summed E-state index contributed by atoms with van der Waals surface area (Å²) in [5, 5.41) is 10.8. The van der Waals surface area contributed by atoms with Gasteiger partial charge in [-0.05, 0) is 41.3 Å². The van der Waals surface area contributed by atoms with Crippen LogP contribution in [0.3, 0.4) is 0 Å². The first-order valence-corrected chi connectivity index (χ1v) is 11.1. The van der Waals surface area contributed by atoms with Crippen LogP contribution in [0.25, 0.3) is 33.2 Å². The van der Waals surface area contributed by atoms with Crippen LogP contribution < -0.4 is 0 Å². The normalized spacial score (nSPS) is 13.3. The number of rotatable bonds is 2. The van der Waals surface area contributed by atoms with Crippen LogP contribution in [0.15, 0.2) is 78.7 Å². The predicted octanol–water partition coefficient (Wildman–Crippen LogP) is 7.33. The SMILES string of the molecule is CC(=[OH+])/C=C(/C)O.Cc1ccc2c(c1)C(C)(C)c1cc(-c3cc4ccccc4cn3)[c-]cc1-2.[Ir]. The van der Waals surface area contributed by atoms with Gasteiger partial charge in [-0.15, -0.1) is 29.3 Å². The summed E-state index contributed by atoms with van der Waals surface area (Å²) in [7, 11) is 0. The molecule has 34 heavy (non-hydrogen) atoms. The number of benzene rings is 3. The second-order valence-corrected chi connectivity index (χ2v) is 9.19. The Kier molecular flexibility index (Phi) is 7.55. The van der Waals surface area contributed by atoms with E-state index in [0.29, 0.717) is 0 Å². The van der Waals surface area contributed by atoms with Crippen molar-refractivity contribution in [2.24, 2.45) is 0 Å². The van der Waals surface area contributed by atoms with Crippen LogP contribution in [0.5, 0.6) is 0 Å². The minimum absolute atomic E-state index is 0. The maximum absolute atomic E-state index is 8.40. The van der Waals surface area contributed by atoms with E-state index in [1.165, 1.54) is 58.5 Å². The van der Waals surface area contributed by atoms with Gasteiger partial charge < -0.3 is 10.1 Å². The van der Waals surface area contributed by atoms with Gasteiger partial charge in [-0.3, -0.25) is 4.79 Å². The predicted molar refractivity (Wildman–Crippen MR) is 137 cm³/mol. The summed E-state index contributed by atoms with van der Waals surface area (Å²) in [4.78, 5) is 13.1. The molecular formula is C30H29IrNO2. The van der Waals surface area contributed by atoms with Crippen molar-refractivity contribution >= 4 is 16.6 Å². The van der Waals surface area contributed by atoms with E-state index in [2.05, 4.69) is 86.4 Å². The molecule has 0 amide bonds. The van der Waals surface area contributed by atoms with Crippen LogP contribution in [-0.4, -0.2) is 20.7 Å². The molecule has 0 spiro atoms. The average Bonchev–Trinajstić information content (AvgIpc) is 2.99. The van der Waals surface area contributed by atoms with Gasteiger partial charge in [0.2, 0.25) is 0 Å². The summed E-state index contributed by atoms with van der Waals surface area (Å²) in [6.07, 6.45) is 3.23. The van der Waals surface area contributed by atoms with Gasteiger partial charge in [0.05, 0.1) is 18.8 Å². The number of allylic oxidation sites excluding steroid dienone is 2. The first-order chi connectivity index (χ1) is 15.7. The van der Waals surface area contributed by atoms with Crippen LogP contribution in [0.2, 0.25) is 0 Å². The van der Waals surface area contributed by atoms with Crippen molar-refractivity contribution in [2.75, 3.05) is 0 Å². The van der Waals surface area contributed by atoms with Crippen LogP contribution in [0, 0.1) is 13.0 Å². The number of carbonyl (C=O) groups excluding carboxylic acids is 1. The van der Waals surface area contributed by atoms with Crippen LogP contribution in [-0.2, 0) is 25.5 Å². The first kappa shape index (κ1) is 25.6. The molecule has 1 aliphatic carbocycles. The van der Waals surface area contributed by atoms with Gasteiger partial charge in [0.25, 0.3) is 0 Å². The maximum atomic E-state index is 8.40. The first-order valence-electron chi connectivity index (χ1n) is 11.1. The number of ketones is 1. The average molecular weight is 628 g/mol. The van der Waals surface area contributed by atoms with E-state index < -0.39 is 0 Å². The fourth-order valence-electron chi connectivity index (χ4n) is 4.47. The molecule has 0 saturated carbocycles. The molecule has 0 saturated heterocycles. The van der Waals surface area contributed by atoms with E-state index in [0.717, 1.165) is 11.3 Å². The number of fused-ring (bicyclic) bond motifs is 4. The van der Waals surface area contributed by atoms with Gasteiger partial charge in [-0.2, -0.15) is 0 Å². The van der Waals surface area contributed by atoms with Gasteiger partial charge >= 0.3 is 5.78 Å². The zero-order valence-electron chi connectivity index (χ0n) is 20.1. The van der Waals surface area contributed by atoms with Crippen LogP contribution in [0.1, 0.15) is 44.4 Å². The third-order valence-electron chi connectivity index (χ3n) is 6.09. The molecule has 175 valence electrons. The molecule has 4 aromatic rings. The molecule has 4 heteroatoms. The molecule has 0 atom stereocenters. The van der Waals surface area contributed by atoms with Crippen molar-refractivity contribution < 1.29 is 30.0 Å². The Bertz CT molecular complexity index is 1400. The number of hydrogen-bond acceptors (Lipinski definition) is 2. The molecule has 3 aromatic carbocycles. The van der Waals surface area contributed by atoms with Gasteiger partial charge in [0.1, 0.15) is 0 Å². The molecule has 1 heterocycles. The van der Waals surface area contributed by atoms with Gasteiger partial charge in [-0.1, -0.05) is 79.1 Å². The second kappa shape index (κ2) is 10.0. The Morgan fingerprint density at radius 3 is 2.29 bits per heavy atom. The molecule has 1 radical (unpaired) electrons. The summed E-state index contributed by atoms with van der Waals surface area (Å²) < 4.78 is 0. The molecule has 1 aromatic heterocycles. The number of aryl methyl sites for hydroxylation is 1. The van der Waals surface area contributed by atoms with Gasteiger partial charge in [0, 0.05) is 26.3 Å². The van der Waals surface area contributed by atoms with Gasteiger partial charge in [0.15, 0.2) is 0 Å². The van der Waals surface area contributed by atoms with E-state index in [9.17, 15) is 0 Å². The molecule has 0 bridgehead atoms. The van der Waals surface area contributed by atoms with E-state index in [4.69, 9.17) is 9.90 Å². The molecular weight excluding hydrogens is 599 g/mol. The molecule has 3 nitrogen and oxygen atoms in total. The summed E-state index contributed by atoms with van der Waals surface area (Å²) >= 11 is 0. The monoisotopic (exact) mass is 628 g/mol. The van der Waals surface area contributed by atoms with Gasteiger partial charge in [-0.25, -0.2) is 0 Å². The van der Waals surface area contributed by atoms with Crippen LogP contribution >= 0.6 is 0 Å². The Hall–Kier alpha value is -3.07. The summed E-state index contributed by atoms with van der Waals surface area (Å²) in [5.41, 5.74) is 8.76. The fourth-order valence-corrected chi connectivity index (χ4v) is 4.47. The summed E-state index contributed by atoms with van der Waals surface area (Å²) in [6, 6.07) is 25.2. The molecule has 0 unspecified atom stereocenters. The molecule has 5 rings (SSSR count).